The van der Waals surface area contributed by atoms with Crippen molar-refractivity contribution in [3.8, 4) is 12.3 Å². The highest BCUT2D eigenvalue weighted by atomic mass is 15.1. The molecule has 0 amide bonds. The highest BCUT2D eigenvalue weighted by Gasteiger charge is 2.12. The van der Waals surface area contributed by atoms with Crippen molar-refractivity contribution in [2.45, 2.75) is 26.1 Å². The number of benzene rings is 2. The minimum atomic E-state index is 0.125. The van der Waals surface area contributed by atoms with E-state index in [0.29, 0.717) is 0 Å². The molecule has 2 aromatic carbocycles. The first-order valence-electron chi connectivity index (χ1n) is 6.57. The number of hydrogen-bond acceptors (Lipinski definition) is 1. The standard InChI is InChI=1S/C18H19N/c1-3-16(2)19(14-17-10-6-4-7-11-17)15-18-12-8-5-9-13-18/h1,4-13,16H,14-15H2,2H3. The van der Waals surface area contributed by atoms with Gasteiger partial charge in [-0.1, -0.05) is 66.6 Å². The predicted octanol–water partition coefficient (Wildman–Crippen LogP) is 3.71. The van der Waals surface area contributed by atoms with Crippen LogP contribution < -0.4 is 0 Å². The molecule has 2 aromatic rings. The van der Waals surface area contributed by atoms with Gasteiger partial charge in [0.05, 0.1) is 6.04 Å². The first-order chi connectivity index (χ1) is 9.29. The molecule has 1 nitrogen and oxygen atoms in total. The van der Waals surface area contributed by atoms with Crippen LogP contribution in [0.1, 0.15) is 18.1 Å². The van der Waals surface area contributed by atoms with Crippen LogP contribution in [0.25, 0.3) is 0 Å². The van der Waals surface area contributed by atoms with Crippen LogP contribution in [-0.2, 0) is 13.1 Å². The van der Waals surface area contributed by atoms with E-state index in [9.17, 15) is 0 Å². The van der Waals surface area contributed by atoms with Crippen molar-refractivity contribution in [3.05, 3.63) is 71.8 Å². The summed E-state index contributed by atoms with van der Waals surface area (Å²) in [5.41, 5.74) is 2.58. The van der Waals surface area contributed by atoms with Gasteiger partial charge in [-0.25, -0.2) is 0 Å². The van der Waals surface area contributed by atoms with E-state index in [-0.39, 0.29) is 6.04 Å². The van der Waals surface area contributed by atoms with E-state index in [4.69, 9.17) is 6.42 Å². The Hall–Kier alpha value is -2.04. The topological polar surface area (TPSA) is 3.24 Å². The molecular formula is C18H19N. The van der Waals surface area contributed by atoms with Crippen molar-refractivity contribution in [2.75, 3.05) is 0 Å². The first kappa shape index (κ1) is 13.4. The second kappa shape index (κ2) is 6.78. The molecule has 1 unspecified atom stereocenters. The summed E-state index contributed by atoms with van der Waals surface area (Å²) in [7, 11) is 0. The Morgan fingerprint density at radius 2 is 1.32 bits per heavy atom. The largest absolute Gasteiger partial charge is 0.281 e. The molecule has 19 heavy (non-hydrogen) atoms. The van der Waals surface area contributed by atoms with Gasteiger partial charge in [0, 0.05) is 13.1 Å². The molecule has 0 saturated heterocycles. The van der Waals surface area contributed by atoms with Crippen LogP contribution in [0.5, 0.6) is 0 Å². The quantitative estimate of drug-likeness (QED) is 0.730. The fourth-order valence-electron chi connectivity index (χ4n) is 2.07. The summed E-state index contributed by atoms with van der Waals surface area (Å²) in [6, 6.07) is 21.0. The van der Waals surface area contributed by atoms with Gasteiger partial charge in [-0.15, -0.1) is 6.42 Å². The summed E-state index contributed by atoms with van der Waals surface area (Å²) in [5, 5.41) is 0. The molecule has 0 saturated carbocycles. The molecular weight excluding hydrogens is 230 g/mol. The van der Waals surface area contributed by atoms with Gasteiger partial charge in [0.25, 0.3) is 0 Å². The average Bonchev–Trinajstić information content (AvgIpc) is 2.48. The van der Waals surface area contributed by atoms with E-state index in [0.717, 1.165) is 13.1 Å². The lowest BCUT2D eigenvalue weighted by Gasteiger charge is -2.25. The fourth-order valence-corrected chi connectivity index (χ4v) is 2.07. The van der Waals surface area contributed by atoms with Crippen LogP contribution in [0.3, 0.4) is 0 Å². The SMILES string of the molecule is C#CC(C)N(Cc1ccccc1)Cc1ccccc1. The molecule has 0 fully saturated rings. The lowest BCUT2D eigenvalue weighted by Crippen LogP contribution is -2.30. The summed E-state index contributed by atoms with van der Waals surface area (Å²) in [5.74, 6) is 2.83. The maximum absolute atomic E-state index is 5.59. The van der Waals surface area contributed by atoms with Gasteiger partial charge < -0.3 is 0 Å². The summed E-state index contributed by atoms with van der Waals surface area (Å²) in [6.07, 6.45) is 5.59. The average molecular weight is 249 g/mol. The maximum atomic E-state index is 5.59. The van der Waals surface area contributed by atoms with Gasteiger partial charge in [-0.2, -0.15) is 0 Å². The zero-order valence-corrected chi connectivity index (χ0v) is 11.3. The van der Waals surface area contributed by atoms with Crippen LogP contribution >= 0.6 is 0 Å². The van der Waals surface area contributed by atoms with E-state index >= 15 is 0 Å². The minimum absolute atomic E-state index is 0.125. The van der Waals surface area contributed by atoms with Crippen LogP contribution in [0.4, 0.5) is 0 Å². The van der Waals surface area contributed by atoms with Gasteiger partial charge >= 0.3 is 0 Å². The highest BCUT2D eigenvalue weighted by molar-refractivity contribution is 5.18. The molecule has 0 radical (unpaired) electrons. The lowest BCUT2D eigenvalue weighted by atomic mass is 10.1. The zero-order chi connectivity index (χ0) is 13.5. The second-order valence-corrected chi connectivity index (χ2v) is 4.72. The molecule has 2 rings (SSSR count). The monoisotopic (exact) mass is 249 g/mol. The van der Waals surface area contributed by atoms with Crippen LogP contribution in [-0.4, -0.2) is 10.9 Å². The van der Waals surface area contributed by atoms with Gasteiger partial charge in [0.1, 0.15) is 0 Å². The van der Waals surface area contributed by atoms with Crippen LogP contribution in [0.2, 0.25) is 0 Å². The van der Waals surface area contributed by atoms with Crippen molar-refractivity contribution in [2.24, 2.45) is 0 Å². The molecule has 0 aliphatic heterocycles. The molecule has 0 N–H and O–H groups in total. The van der Waals surface area contributed by atoms with E-state index in [2.05, 4.69) is 66.3 Å². The Kier molecular flexibility index (Phi) is 4.78. The smallest absolute Gasteiger partial charge is 0.0689 e. The summed E-state index contributed by atoms with van der Waals surface area (Å²) < 4.78 is 0. The fraction of sp³-hybridized carbons (Fsp3) is 0.222. The summed E-state index contributed by atoms with van der Waals surface area (Å²) >= 11 is 0. The van der Waals surface area contributed by atoms with Crippen molar-refractivity contribution in [3.63, 3.8) is 0 Å². The molecule has 0 heterocycles. The number of rotatable bonds is 5. The molecule has 0 aliphatic carbocycles. The van der Waals surface area contributed by atoms with E-state index < -0.39 is 0 Å². The third kappa shape index (κ3) is 3.98. The van der Waals surface area contributed by atoms with Gasteiger partial charge in [-0.05, 0) is 18.1 Å². The Bertz CT molecular complexity index is 483. The normalized spacial score (nSPS) is 12.1. The number of hydrogen-bond donors (Lipinski definition) is 0. The van der Waals surface area contributed by atoms with Gasteiger partial charge in [0.2, 0.25) is 0 Å². The first-order valence-corrected chi connectivity index (χ1v) is 6.57. The molecule has 0 aromatic heterocycles. The lowest BCUT2D eigenvalue weighted by molar-refractivity contribution is 0.229. The Morgan fingerprint density at radius 1 is 0.895 bits per heavy atom. The summed E-state index contributed by atoms with van der Waals surface area (Å²) in [4.78, 5) is 2.31. The van der Waals surface area contributed by atoms with Gasteiger partial charge in [0.15, 0.2) is 0 Å². The predicted molar refractivity (Wildman–Crippen MR) is 80.4 cm³/mol. The number of nitrogens with zero attached hydrogens (tertiary/aromatic N) is 1. The van der Waals surface area contributed by atoms with E-state index in [1.165, 1.54) is 11.1 Å². The van der Waals surface area contributed by atoms with Gasteiger partial charge in [-0.3, -0.25) is 4.90 Å². The van der Waals surface area contributed by atoms with E-state index in [1.807, 2.05) is 12.1 Å². The van der Waals surface area contributed by atoms with Crippen molar-refractivity contribution in [1.82, 2.24) is 4.90 Å². The molecule has 96 valence electrons. The zero-order valence-electron chi connectivity index (χ0n) is 11.3. The second-order valence-electron chi connectivity index (χ2n) is 4.72. The highest BCUT2D eigenvalue weighted by Crippen LogP contribution is 2.12. The Balaban J connectivity index is 2.11. The van der Waals surface area contributed by atoms with Crippen molar-refractivity contribution in [1.29, 1.82) is 0 Å². The summed E-state index contributed by atoms with van der Waals surface area (Å²) in [6.45, 7) is 3.83. The Labute approximate surface area is 115 Å². The van der Waals surface area contributed by atoms with Crippen LogP contribution in [0, 0.1) is 12.3 Å². The molecule has 0 bridgehead atoms. The Morgan fingerprint density at radius 3 is 1.68 bits per heavy atom. The van der Waals surface area contributed by atoms with Crippen LogP contribution in [0.15, 0.2) is 60.7 Å². The number of terminal acetylenes is 1. The third-order valence-corrected chi connectivity index (χ3v) is 3.25. The molecule has 0 aliphatic rings. The third-order valence-electron chi connectivity index (χ3n) is 3.25. The molecule has 0 spiro atoms. The molecule has 1 atom stereocenters. The molecule has 1 heteroatoms. The van der Waals surface area contributed by atoms with Crippen molar-refractivity contribution >= 4 is 0 Å². The van der Waals surface area contributed by atoms with Crippen molar-refractivity contribution < 1.29 is 0 Å². The minimum Gasteiger partial charge on any atom is -0.281 e. The van der Waals surface area contributed by atoms with E-state index in [1.54, 1.807) is 0 Å². The maximum Gasteiger partial charge on any atom is 0.0689 e.